The van der Waals surface area contributed by atoms with Gasteiger partial charge in [0, 0.05) is 4.90 Å². The van der Waals surface area contributed by atoms with E-state index in [4.69, 9.17) is 5.11 Å². The first-order valence-electron chi connectivity index (χ1n) is 4.29. The van der Waals surface area contributed by atoms with Gasteiger partial charge in [0.05, 0.1) is 6.10 Å². The van der Waals surface area contributed by atoms with E-state index in [1.807, 2.05) is 0 Å². The molecule has 0 spiro atoms. The van der Waals surface area contributed by atoms with Crippen LogP contribution < -0.4 is 0 Å². The molecule has 1 aromatic rings. The molecule has 0 amide bonds. The van der Waals surface area contributed by atoms with Crippen molar-refractivity contribution in [2.45, 2.75) is 30.1 Å². The summed E-state index contributed by atoms with van der Waals surface area (Å²) in [5.41, 5.74) is 0.957. The first-order valence-corrected chi connectivity index (χ1v) is 5.17. The molecule has 0 bridgehead atoms. The van der Waals surface area contributed by atoms with Crippen molar-refractivity contribution in [3.05, 3.63) is 29.8 Å². The van der Waals surface area contributed by atoms with Crippen LogP contribution in [0.5, 0.6) is 0 Å². The van der Waals surface area contributed by atoms with Crippen molar-refractivity contribution in [1.29, 1.82) is 0 Å². The molecule has 0 fully saturated rings. The molecular weight excluding hydrogens is 206 g/mol. The average molecular weight is 218 g/mol. The van der Waals surface area contributed by atoms with Crippen LogP contribution in [0.15, 0.2) is 29.2 Å². The number of aliphatic hydroxyl groups excluding tert-OH is 1. The standard InChI is InChI=1S/C10H12F2OS/c1-7(13)6-8-2-4-9(5-3-8)14-10(11)12/h2-5,7,10,13H,6H2,1H3/t7-/m0/s1. The van der Waals surface area contributed by atoms with Crippen molar-refractivity contribution in [1.82, 2.24) is 0 Å². The predicted octanol–water partition coefficient (Wildman–Crippen LogP) is 2.92. The molecule has 0 aliphatic rings. The average Bonchev–Trinajstić information content (AvgIpc) is 2.06. The minimum atomic E-state index is -2.38. The third-order valence-corrected chi connectivity index (χ3v) is 2.40. The fourth-order valence-corrected chi connectivity index (χ4v) is 1.65. The summed E-state index contributed by atoms with van der Waals surface area (Å²) in [5, 5.41) is 9.10. The molecule has 1 N–H and O–H groups in total. The van der Waals surface area contributed by atoms with Crippen LogP contribution in [0.25, 0.3) is 0 Å². The number of aliphatic hydroxyl groups is 1. The molecule has 0 unspecified atom stereocenters. The number of hydrogen-bond acceptors (Lipinski definition) is 2. The van der Waals surface area contributed by atoms with Crippen LogP contribution in [-0.4, -0.2) is 17.0 Å². The lowest BCUT2D eigenvalue weighted by Gasteiger charge is -2.05. The Morgan fingerprint density at radius 2 is 1.86 bits per heavy atom. The van der Waals surface area contributed by atoms with Crippen molar-refractivity contribution in [2.75, 3.05) is 0 Å². The molecule has 78 valence electrons. The Morgan fingerprint density at radius 3 is 2.29 bits per heavy atom. The Kier molecular flexibility index (Phi) is 4.35. The number of halogens is 2. The van der Waals surface area contributed by atoms with Crippen LogP contribution in [0.1, 0.15) is 12.5 Å². The highest BCUT2D eigenvalue weighted by Gasteiger charge is 2.05. The van der Waals surface area contributed by atoms with Crippen LogP contribution in [0.2, 0.25) is 0 Å². The molecule has 0 aromatic heterocycles. The molecule has 0 heterocycles. The molecule has 0 saturated carbocycles. The fraction of sp³-hybridized carbons (Fsp3) is 0.400. The molecule has 1 atom stereocenters. The zero-order valence-corrected chi connectivity index (χ0v) is 8.60. The number of benzene rings is 1. The van der Waals surface area contributed by atoms with E-state index in [-0.39, 0.29) is 0 Å². The zero-order valence-electron chi connectivity index (χ0n) is 7.78. The maximum atomic E-state index is 12.0. The molecule has 0 aliphatic heterocycles. The predicted molar refractivity (Wildman–Crippen MR) is 53.7 cm³/mol. The summed E-state index contributed by atoms with van der Waals surface area (Å²) < 4.78 is 23.9. The Balaban J connectivity index is 2.59. The van der Waals surface area contributed by atoms with Gasteiger partial charge in [0.25, 0.3) is 5.76 Å². The van der Waals surface area contributed by atoms with E-state index >= 15 is 0 Å². The second-order valence-electron chi connectivity index (χ2n) is 3.08. The molecule has 0 aliphatic carbocycles. The Bertz CT molecular complexity index is 243. The van der Waals surface area contributed by atoms with E-state index in [9.17, 15) is 8.78 Å². The van der Waals surface area contributed by atoms with Gasteiger partial charge in [0.15, 0.2) is 0 Å². The summed E-state index contributed by atoms with van der Waals surface area (Å²) in [6, 6.07) is 6.82. The minimum absolute atomic E-state index is 0.399. The summed E-state index contributed by atoms with van der Waals surface area (Å²) in [6.07, 6.45) is 0.156. The van der Waals surface area contributed by atoms with Crippen molar-refractivity contribution in [3.8, 4) is 0 Å². The number of hydrogen-bond donors (Lipinski definition) is 1. The van der Waals surface area contributed by atoms with Crippen molar-refractivity contribution in [3.63, 3.8) is 0 Å². The van der Waals surface area contributed by atoms with Gasteiger partial charge in [-0.1, -0.05) is 23.9 Å². The zero-order chi connectivity index (χ0) is 10.6. The smallest absolute Gasteiger partial charge is 0.288 e. The van der Waals surface area contributed by atoms with E-state index in [2.05, 4.69) is 0 Å². The van der Waals surface area contributed by atoms with E-state index < -0.39 is 11.9 Å². The minimum Gasteiger partial charge on any atom is -0.393 e. The highest BCUT2D eigenvalue weighted by molar-refractivity contribution is 7.99. The van der Waals surface area contributed by atoms with Gasteiger partial charge < -0.3 is 5.11 Å². The molecule has 4 heteroatoms. The first kappa shape index (κ1) is 11.5. The van der Waals surface area contributed by atoms with Crippen molar-refractivity contribution < 1.29 is 13.9 Å². The third kappa shape index (κ3) is 4.07. The fourth-order valence-electron chi connectivity index (χ4n) is 1.15. The number of thioether (sulfide) groups is 1. The van der Waals surface area contributed by atoms with Crippen LogP contribution in [-0.2, 0) is 6.42 Å². The molecule has 1 aromatic carbocycles. The van der Waals surface area contributed by atoms with Crippen molar-refractivity contribution in [2.24, 2.45) is 0 Å². The number of alkyl halides is 2. The van der Waals surface area contributed by atoms with Gasteiger partial charge in [-0.25, -0.2) is 0 Å². The van der Waals surface area contributed by atoms with Gasteiger partial charge in [-0.05, 0) is 31.0 Å². The van der Waals surface area contributed by atoms with Crippen LogP contribution in [0, 0.1) is 0 Å². The van der Waals surface area contributed by atoms with Crippen molar-refractivity contribution >= 4 is 11.8 Å². The third-order valence-electron chi connectivity index (χ3n) is 1.68. The summed E-state index contributed by atoms with van der Waals surface area (Å²) in [7, 11) is 0. The Labute approximate surface area is 86.1 Å². The highest BCUT2D eigenvalue weighted by atomic mass is 32.2. The van der Waals surface area contributed by atoms with E-state index in [0.29, 0.717) is 23.1 Å². The molecule has 0 radical (unpaired) electrons. The lowest BCUT2D eigenvalue weighted by molar-refractivity contribution is 0.195. The highest BCUT2D eigenvalue weighted by Crippen LogP contribution is 2.25. The van der Waals surface area contributed by atoms with E-state index in [0.717, 1.165) is 5.56 Å². The van der Waals surface area contributed by atoms with Gasteiger partial charge in [-0.15, -0.1) is 0 Å². The summed E-state index contributed by atoms with van der Waals surface area (Å²) in [5.74, 6) is -2.38. The van der Waals surface area contributed by atoms with Gasteiger partial charge in [0.1, 0.15) is 0 Å². The van der Waals surface area contributed by atoms with E-state index in [1.54, 1.807) is 31.2 Å². The van der Waals surface area contributed by atoms with Gasteiger partial charge in [-0.2, -0.15) is 8.78 Å². The molecule has 0 saturated heterocycles. The quantitative estimate of drug-likeness (QED) is 0.784. The van der Waals surface area contributed by atoms with Crippen LogP contribution in [0.3, 0.4) is 0 Å². The largest absolute Gasteiger partial charge is 0.393 e. The van der Waals surface area contributed by atoms with Gasteiger partial charge in [-0.3, -0.25) is 0 Å². The molecule has 14 heavy (non-hydrogen) atoms. The Morgan fingerprint density at radius 1 is 1.29 bits per heavy atom. The maximum absolute atomic E-state index is 12.0. The molecular formula is C10H12F2OS. The Hall–Kier alpha value is -0.610. The molecule has 1 nitrogen and oxygen atoms in total. The normalized spacial score (nSPS) is 13.2. The summed E-state index contributed by atoms with van der Waals surface area (Å²) in [4.78, 5) is 0.550. The van der Waals surface area contributed by atoms with E-state index in [1.165, 1.54) is 0 Å². The molecule has 1 rings (SSSR count). The second-order valence-corrected chi connectivity index (χ2v) is 4.14. The van der Waals surface area contributed by atoms with Gasteiger partial charge in [0.2, 0.25) is 0 Å². The van der Waals surface area contributed by atoms with Crippen LogP contribution in [0.4, 0.5) is 8.78 Å². The maximum Gasteiger partial charge on any atom is 0.288 e. The first-order chi connectivity index (χ1) is 6.58. The topological polar surface area (TPSA) is 20.2 Å². The monoisotopic (exact) mass is 218 g/mol. The second kappa shape index (κ2) is 5.32. The number of rotatable bonds is 4. The lowest BCUT2D eigenvalue weighted by atomic mass is 10.1. The van der Waals surface area contributed by atoms with Crippen LogP contribution >= 0.6 is 11.8 Å². The SMILES string of the molecule is C[C@H](O)Cc1ccc(SC(F)F)cc1. The summed E-state index contributed by atoms with van der Waals surface area (Å²) >= 11 is 0.530. The van der Waals surface area contributed by atoms with Gasteiger partial charge >= 0.3 is 0 Å². The summed E-state index contributed by atoms with van der Waals surface area (Å²) in [6.45, 7) is 1.70. The lowest BCUT2D eigenvalue weighted by Crippen LogP contribution is -2.03.